The molecule has 4 rings (SSSR count). The van der Waals surface area contributed by atoms with Crippen molar-refractivity contribution in [3.8, 4) is 0 Å². The predicted molar refractivity (Wildman–Crippen MR) is 86.5 cm³/mol. The van der Waals surface area contributed by atoms with Gasteiger partial charge in [0.1, 0.15) is 5.76 Å². The molecule has 0 spiro atoms. The summed E-state index contributed by atoms with van der Waals surface area (Å²) in [7, 11) is 0. The minimum atomic E-state index is -0.0453. The van der Waals surface area contributed by atoms with Crippen molar-refractivity contribution < 1.29 is 9.21 Å². The zero-order valence-electron chi connectivity index (χ0n) is 13.3. The van der Waals surface area contributed by atoms with E-state index in [4.69, 9.17) is 4.42 Å². The first-order chi connectivity index (χ1) is 11.8. The molecule has 0 bridgehead atoms. The summed E-state index contributed by atoms with van der Waals surface area (Å²) in [6.07, 6.45) is 9.12. The summed E-state index contributed by atoms with van der Waals surface area (Å²) in [4.78, 5) is 18.6. The molecule has 0 aromatic carbocycles. The first-order valence-electron chi connectivity index (χ1n) is 8.12. The normalized spacial score (nSPS) is 18.0. The summed E-state index contributed by atoms with van der Waals surface area (Å²) in [6, 6.07) is 5.59. The summed E-state index contributed by atoms with van der Waals surface area (Å²) in [5.74, 6) is 1.41. The number of furan rings is 1. The van der Waals surface area contributed by atoms with Crippen LogP contribution in [0.1, 0.15) is 40.8 Å². The Morgan fingerprint density at radius 1 is 1.33 bits per heavy atom. The van der Waals surface area contributed by atoms with E-state index >= 15 is 0 Å². The van der Waals surface area contributed by atoms with Crippen LogP contribution in [-0.2, 0) is 6.54 Å². The molecule has 1 aliphatic rings. The smallest absolute Gasteiger partial charge is 0.289 e. The van der Waals surface area contributed by atoms with Crippen molar-refractivity contribution in [3.63, 3.8) is 0 Å². The monoisotopic (exact) mass is 325 g/mol. The van der Waals surface area contributed by atoms with E-state index in [1.54, 1.807) is 24.8 Å². The van der Waals surface area contributed by atoms with Gasteiger partial charge in [-0.15, -0.1) is 0 Å². The number of nitrogens with zero attached hydrogens (tertiary/aromatic N) is 4. The Balaban J connectivity index is 1.44. The molecule has 0 saturated carbocycles. The fourth-order valence-corrected chi connectivity index (χ4v) is 3.20. The van der Waals surface area contributed by atoms with Crippen LogP contribution in [0, 0.1) is 0 Å². The number of imidazole rings is 1. The van der Waals surface area contributed by atoms with Gasteiger partial charge in [0.25, 0.3) is 5.91 Å². The molecule has 3 aromatic heterocycles. The number of aromatic nitrogens is 4. The lowest BCUT2D eigenvalue weighted by molar-refractivity contribution is 0.0671. The van der Waals surface area contributed by atoms with Crippen LogP contribution in [0.15, 0.2) is 47.5 Å². The van der Waals surface area contributed by atoms with Crippen LogP contribution >= 0.6 is 0 Å². The zero-order valence-corrected chi connectivity index (χ0v) is 13.3. The highest BCUT2D eigenvalue weighted by molar-refractivity contribution is 5.91. The van der Waals surface area contributed by atoms with E-state index in [0.717, 1.165) is 30.8 Å². The standard InChI is InChI=1S/C17H19N5O2/c23-17(16-4-3-14(24-16)11-21-9-7-18-12-21)22-8-1-2-13(10-22)15-5-6-19-20-15/h3-7,9,12-13H,1-2,8,10-11H2,(H,19,20). The zero-order chi connectivity index (χ0) is 16.4. The van der Waals surface area contributed by atoms with Gasteiger partial charge in [-0.05, 0) is 31.0 Å². The van der Waals surface area contributed by atoms with Gasteiger partial charge >= 0.3 is 0 Å². The third-order valence-corrected chi connectivity index (χ3v) is 4.44. The molecule has 1 fully saturated rings. The average Bonchev–Trinajstić information content (AvgIpc) is 3.37. The van der Waals surface area contributed by atoms with Crippen molar-refractivity contribution in [1.82, 2.24) is 24.6 Å². The summed E-state index contributed by atoms with van der Waals surface area (Å²) in [5.41, 5.74) is 1.09. The number of nitrogens with one attached hydrogen (secondary N) is 1. The first-order valence-corrected chi connectivity index (χ1v) is 8.12. The van der Waals surface area contributed by atoms with E-state index in [1.807, 2.05) is 27.8 Å². The number of amides is 1. The third kappa shape index (κ3) is 2.97. The van der Waals surface area contributed by atoms with Gasteiger partial charge in [-0.3, -0.25) is 9.89 Å². The van der Waals surface area contributed by atoms with Gasteiger partial charge in [-0.1, -0.05) is 0 Å². The lowest BCUT2D eigenvalue weighted by atomic mass is 9.95. The minimum Gasteiger partial charge on any atom is -0.454 e. The van der Waals surface area contributed by atoms with E-state index < -0.39 is 0 Å². The number of hydrogen-bond acceptors (Lipinski definition) is 4. The van der Waals surface area contributed by atoms with Crippen molar-refractivity contribution in [1.29, 1.82) is 0 Å². The Morgan fingerprint density at radius 3 is 3.08 bits per heavy atom. The van der Waals surface area contributed by atoms with Crippen LogP contribution in [0.5, 0.6) is 0 Å². The second-order valence-electron chi connectivity index (χ2n) is 6.10. The molecular formula is C17H19N5O2. The molecule has 3 aromatic rings. The van der Waals surface area contributed by atoms with Crippen molar-refractivity contribution in [3.05, 3.63) is 60.3 Å². The number of rotatable bonds is 4. The van der Waals surface area contributed by atoms with E-state index in [2.05, 4.69) is 15.2 Å². The lowest BCUT2D eigenvalue weighted by Gasteiger charge is -2.31. The van der Waals surface area contributed by atoms with Gasteiger partial charge in [-0.25, -0.2) is 4.98 Å². The quantitative estimate of drug-likeness (QED) is 0.798. The molecule has 4 heterocycles. The van der Waals surface area contributed by atoms with Gasteiger partial charge in [0.05, 0.1) is 12.9 Å². The van der Waals surface area contributed by atoms with Crippen molar-refractivity contribution in [2.75, 3.05) is 13.1 Å². The molecule has 1 unspecified atom stereocenters. The fourth-order valence-electron chi connectivity index (χ4n) is 3.20. The van der Waals surface area contributed by atoms with Gasteiger partial charge < -0.3 is 13.9 Å². The first kappa shape index (κ1) is 14.7. The van der Waals surface area contributed by atoms with E-state index in [-0.39, 0.29) is 5.91 Å². The maximum atomic E-state index is 12.7. The molecule has 24 heavy (non-hydrogen) atoms. The minimum absolute atomic E-state index is 0.0453. The second kappa shape index (κ2) is 6.35. The number of carbonyl (C=O) groups excluding carboxylic acids is 1. The molecule has 1 amide bonds. The highest BCUT2D eigenvalue weighted by Crippen LogP contribution is 2.26. The molecule has 124 valence electrons. The topological polar surface area (TPSA) is 79.9 Å². The number of hydrogen-bond donors (Lipinski definition) is 1. The molecule has 7 nitrogen and oxygen atoms in total. The van der Waals surface area contributed by atoms with Crippen LogP contribution < -0.4 is 0 Å². The summed E-state index contributed by atoms with van der Waals surface area (Å²) in [5, 5.41) is 7.02. The maximum Gasteiger partial charge on any atom is 0.289 e. The number of carbonyl (C=O) groups is 1. The number of aromatic amines is 1. The van der Waals surface area contributed by atoms with Gasteiger partial charge in [0.2, 0.25) is 0 Å². The van der Waals surface area contributed by atoms with Crippen molar-refractivity contribution in [2.45, 2.75) is 25.3 Å². The summed E-state index contributed by atoms with van der Waals surface area (Å²) in [6.45, 7) is 2.03. The Kier molecular flexibility index (Phi) is 3.90. The fraction of sp³-hybridized carbons (Fsp3) is 0.353. The largest absolute Gasteiger partial charge is 0.454 e. The van der Waals surface area contributed by atoms with Crippen LogP contribution in [0.2, 0.25) is 0 Å². The molecule has 1 aliphatic heterocycles. The predicted octanol–water partition coefficient (Wildman–Crippen LogP) is 2.27. The van der Waals surface area contributed by atoms with E-state index in [9.17, 15) is 4.79 Å². The third-order valence-electron chi connectivity index (χ3n) is 4.44. The number of piperidine rings is 1. The molecule has 0 radical (unpaired) electrons. The van der Waals surface area contributed by atoms with Crippen molar-refractivity contribution in [2.24, 2.45) is 0 Å². The van der Waals surface area contributed by atoms with Gasteiger partial charge in [-0.2, -0.15) is 5.10 Å². The summed E-state index contributed by atoms with van der Waals surface area (Å²) < 4.78 is 7.64. The molecule has 7 heteroatoms. The lowest BCUT2D eigenvalue weighted by Crippen LogP contribution is -2.39. The molecule has 1 N–H and O–H groups in total. The van der Waals surface area contributed by atoms with Crippen LogP contribution in [0.4, 0.5) is 0 Å². The van der Waals surface area contributed by atoms with Crippen LogP contribution in [-0.4, -0.2) is 43.6 Å². The van der Waals surface area contributed by atoms with E-state index in [1.165, 1.54) is 0 Å². The Hall–Kier alpha value is -2.83. The number of likely N-dealkylation sites (tertiary alicyclic amines) is 1. The molecule has 0 aliphatic carbocycles. The Morgan fingerprint density at radius 2 is 2.29 bits per heavy atom. The molecule has 1 atom stereocenters. The average molecular weight is 325 g/mol. The van der Waals surface area contributed by atoms with Crippen LogP contribution in [0.3, 0.4) is 0 Å². The molecular weight excluding hydrogens is 306 g/mol. The Labute approximate surface area is 139 Å². The van der Waals surface area contributed by atoms with Crippen LogP contribution in [0.25, 0.3) is 0 Å². The van der Waals surface area contributed by atoms with E-state index in [0.29, 0.717) is 24.8 Å². The van der Waals surface area contributed by atoms with Gasteiger partial charge in [0.15, 0.2) is 5.76 Å². The highest BCUT2D eigenvalue weighted by atomic mass is 16.4. The van der Waals surface area contributed by atoms with Crippen molar-refractivity contribution >= 4 is 5.91 Å². The second-order valence-corrected chi connectivity index (χ2v) is 6.10. The van der Waals surface area contributed by atoms with Gasteiger partial charge in [0, 0.05) is 43.3 Å². The number of H-pyrrole nitrogens is 1. The Bertz CT molecular complexity index is 791. The SMILES string of the molecule is O=C(c1ccc(Cn2ccnc2)o1)N1CCCC(c2ccn[nH]2)C1. The maximum absolute atomic E-state index is 12.7. The summed E-state index contributed by atoms with van der Waals surface area (Å²) >= 11 is 0. The highest BCUT2D eigenvalue weighted by Gasteiger charge is 2.27. The molecule has 1 saturated heterocycles.